The second-order valence-corrected chi connectivity index (χ2v) is 11.9. The first-order chi connectivity index (χ1) is 18.4. The molecule has 8 nitrogen and oxygen atoms in total. The Morgan fingerprint density at radius 1 is 0.921 bits per heavy atom. The highest BCUT2D eigenvalue weighted by molar-refractivity contribution is 7.98. The van der Waals surface area contributed by atoms with Crippen LogP contribution in [0.1, 0.15) is 22.8 Å². The van der Waals surface area contributed by atoms with Crippen molar-refractivity contribution in [2.24, 2.45) is 0 Å². The summed E-state index contributed by atoms with van der Waals surface area (Å²) >= 11 is 1.56. The lowest BCUT2D eigenvalue weighted by atomic mass is 10.1. The van der Waals surface area contributed by atoms with Crippen molar-refractivity contribution in [2.75, 3.05) is 50.1 Å². The normalized spacial score (nSPS) is 15.5. The van der Waals surface area contributed by atoms with E-state index in [0.717, 1.165) is 41.6 Å². The molecule has 200 valence electrons. The highest BCUT2D eigenvalue weighted by Crippen LogP contribution is 2.33. The number of hydrogen-bond acceptors (Lipinski definition) is 7. The van der Waals surface area contributed by atoms with Gasteiger partial charge in [-0.05, 0) is 79.4 Å². The Morgan fingerprint density at radius 2 is 1.61 bits per heavy atom. The molecule has 5 rings (SSSR count). The number of piperazine rings is 1. The lowest BCUT2D eigenvalue weighted by Crippen LogP contribution is -2.48. The number of carbonyl (C=O) groups excluding carboxylic acids is 1. The highest BCUT2D eigenvalue weighted by Gasteiger charge is 2.26. The SMILES string of the molecule is CCN(c1ccc(C(=O)N2CCN(Cc3ccc4c(c3)OCO4)CC2)cc1)S(=O)(=O)c1ccc(SC)cc1. The van der Waals surface area contributed by atoms with Crippen LogP contribution in [0.25, 0.3) is 0 Å². The minimum atomic E-state index is -3.71. The lowest BCUT2D eigenvalue weighted by molar-refractivity contribution is 0.0628. The van der Waals surface area contributed by atoms with Gasteiger partial charge in [-0.25, -0.2) is 8.42 Å². The minimum absolute atomic E-state index is 0.0437. The summed E-state index contributed by atoms with van der Waals surface area (Å²) in [6.45, 7) is 5.94. The number of fused-ring (bicyclic) bond motifs is 1. The first-order valence-electron chi connectivity index (χ1n) is 12.6. The third-order valence-electron chi connectivity index (χ3n) is 6.84. The van der Waals surface area contributed by atoms with Gasteiger partial charge < -0.3 is 14.4 Å². The molecule has 0 spiro atoms. The van der Waals surface area contributed by atoms with Gasteiger partial charge in [0.2, 0.25) is 6.79 Å². The van der Waals surface area contributed by atoms with Crippen molar-refractivity contribution in [3.8, 4) is 11.5 Å². The number of nitrogens with zero attached hydrogens (tertiary/aromatic N) is 3. The first kappa shape index (κ1) is 26.4. The predicted octanol–water partition coefficient (Wildman–Crippen LogP) is 4.31. The molecular weight excluding hydrogens is 522 g/mol. The number of carbonyl (C=O) groups is 1. The summed E-state index contributed by atoms with van der Waals surface area (Å²) in [5.74, 6) is 1.51. The Balaban J connectivity index is 1.20. The van der Waals surface area contributed by atoms with E-state index in [0.29, 0.717) is 24.3 Å². The van der Waals surface area contributed by atoms with Gasteiger partial charge in [0.05, 0.1) is 10.6 Å². The molecule has 0 atom stereocenters. The predicted molar refractivity (Wildman–Crippen MR) is 149 cm³/mol. The third kappa shape index (κ3) is 5.48. The maximum Gasteiger partial charge on any atom is 0.264 e. The molecule has 3 aromatic carbocycles. The molecule has 0 radical (unpaired) electrons. The molecule has 38 heavy (non-hydrogen) atoms. The van der Waals surface area contributed by atoms with E-state index in [1.165, 1.54) is 4.31 Å². The van der Waals surface area contributed by atoms with Crippen LogP contribution in [0.5, 0.6) is 11.5 Å². The Hall–Kier alpha value is -3.21. The quantitative estimate of drug-likeness (QED) is 0.385. The smallest absolute Gasteiger partial charge is 0.264 e. The number of hydrogen-bond donors (Lipinski definition) is 0. The van der Waals surface area contributed by atoms with Crippen molar-refractivity contribution in [3.05, 3.63) is 77.9 Å². The summed E-state index contributed by atoms with van der Waals surface area (Å²) in [6, 6.07) is 19.7. The molecule has 3 aromatic rings. The van der Waals surface area contributed by atoms with Crippen LogP contribution in [0.4, 0.5) is 5.69 Å². The van der Waals surface area contributed by atoms with Crippen molar-refractivity contribution in [2.45, 2.75) is 23.3 Å². The molecule has 1 fully saturated rings. The average molecular weight is 554 g/mol. The van der Waals surface area contributed by atoms with Crippen LogP contribution in [0.3, 0.4) is 0 Å². The maximum absolute atomic E-state index is 13.3. The summed E-state index contributed by atoms with van der Waals surface area (Å²) < 4.78 is 38.8. The van der Waals surface area contributed by atoms with Crippen LogP contribution < -0.4 is 13.8 Å². The lowest BCUT2D eigenvalue weighted by Gasteiger charge is -2.35. The van der Waals surface area contributed by atoms with E-state index in [4.69, 9.17) is 9.47 Å². The second kappa shape index (κ2) is 11.3. The van der Waals surface area contributed by atoms with Crippen molar-refractivity contribution in [1.29, 1.82) is 0 Å². The summed E-state index contributed by atoms with van der Waals surface area (Å²) in [5, 5.41) is 0. The van der Waals surface area contributed by atoms with Gasteiger partial charge in [-0.3, -0.25) is 14.0 Å². The van der Waals surface area contributed by atoms with E-state index in [9.17, 15) is 13.2 Å². The molecule has 2 aliphatic heterocycles. The Labute approximate surface area is 228 Å². The van der Waals surface area contributed by atoms with Gasteiger partial charge in [0.1, 0.15) is 0 Å². The largest absolute Gasteiger partial charge is 0.454 e. The molecule has 0 unspecified atom stereocenters. The number of amides is 1. The van der Waals surface area contributed by atoms with Crippen molar-refractivity contribution in [3.63, 3.8) is 0 Å². The topological polar surface area (TPSA) is 79.4 Å². The monoisotopic (exact) mass is 553 g/mol. The van der Waals surface area contributed by atoms with E-state index in [-0.39, 0.29) is 24.1 Å². The van der Waals surface area contributed by atoms with Crippen LogP contribution in [-0.2, 0) is 16.6 Å². The molecule has 2 aliphatic rings. The number of sulfonamides is 1. The van der Waals surface area contributed by atoms with Crippen molar-refractivity contribution < 1.29 is 22.7 Å². The van der Waals surface area contributed by atoms with Gasteiger partial charge in [-0.15, -0.1) is 11.8 Å². The molecule has 1 saturated heterocycles. The first-order valence-corrected chi connectivity index (χ1v) is 15.2. The van der Waals surface area contributed by atoms with E-state index >= 15 is 0 Å². The average Bonchev–Trinajstić information content (AvgIpc) is 3.42. The van der Waals surface area contributed by atoms with Crippen molar-refractivity contribution in [1.82, 2.24) is 9.80 Å². The summed E-state index contributed by atoms with van der Waals surface area (Å²) in [4.78, 5) is 18.6. The number of benzene rings is 3. The zero-order valence-electron chi connectivity index (χ0n) is 21.5. The Kier molecular flexibility index (Phi) is 7.83. The fourth-order valence-electron chi connectivity index (χ4n) is 4.73. The number of ether oxygens (including phenoxy) is 2. The summed E-state index contributed by atoms with van der Waals surface area (Å²) in [6.07, 6.45) is 1.95. The fourth-order valence-corrected chi connectivity index (χ4v) is 6.61. The second-order valence-electron chi connectivity index (χ2n) is 9.15. The van der Waals surface area contributed by atoms with E-state index in [1.807, 2.05) is 41.5 Å². The molecule has 1 amide bonds. The zero-order valence-corrected chi connectivity index (χ0v) is 23.1. The number of rotatable bonds is 8. The molecule has 10 heteroatoms. The van der Waals surface area contributed by atoms with Gasteiger partial charge in [-0.1, -0.05) is 6.07 Å². The number of anilines is 1. The maximum atomic E-state index is 13.3. The van der Waals surface area contributed by atoms with Gasteiger partial charge in [-0.2, -0.15) is 0 Å². The standard InChI is InChI=1S/C28H31N3O5S2/c1-3-31(38(33,34)25-11-9-24(37-2)10-12-25)23-7-5-22(6-8-23)28(32)30-16-14-29(15-17-30)19-21-4-13-26-27(18-21)36-20-35-26/h4-13,18H,3,14-17,19-20H2,1-2H3. The fraction of sp³-hybridized carbons (Fsp3) is 0.321. The molecule has 0 aromatic heterocycles. The molecule has 0 bridgehead atoms. The van der Waals surface area contributed by atoms with E-state index in [1.54, 1.807) is 55.1 Å². The highest BCUT2D eigenvalue weighted by atomic mass is 32.2. The van der Waals surface area contributed by atoms with Crippen LogP contribution in [-0.4, -0.2) is 69.9 Å². The van der Waals surface area contributed by atoms with Gasteiger partial charge in [0.15, 0.2) is 11.5 Å². The van der Waals surface area contributed by atoms with Crippen molar-refractivity contribution >= 4 is 33.4 Å². The van der Waals surface area contributed by atoms with Crippen LogP contribution in [0, 0.1) is 0 Å². The summed E-state index contributed by atoms with van der Waals surface area (Å²) in [7, 11) is -3.71. The molecule has 2 heterocycles. The van der Waals surface area contributed by atoms with Gasteiger partial charge >= 0.3 is 0 Å². The molecule has 0 N–H and O–H groups in total. The van der Waals surface area contributed by atoms with E-state index in [2.05, 4.69) is 4.90 Å². The molecular formula is C28H31N3O5S2. The Bertz CT molecular complexity index is 1390. The third-order valence-corrected chi connectivity index (χ3v) is 9.50. The molecule has 0 aliphatic carbocycles. The van der Waals surface area contributed by atoms with Gasteiger partial charge in [0, 0.05) is 49.7 Å². The Morgan fingerprint density at radius 3 is 2.26 bits per heavy atom. The van der Waals surface area contributed by atoms with Gasteiger partial charge in [0.25, 0.3) is 15.9 Å². The van der Waals surface area contributed by atoms with Crippen LogP contribution in [0.2, 0.25) is 0 Å². The van der Waals surface area contributed by atoms with Crippen LogP contribution in [0.15, 0.2) is 76.5 Å². The molecule has 0 saturated carbocycles. The number of thioether (sulfide) groups is 1. The van der Waals surface area contributed by atoms with Crippen LogP contribution >= 0.6 is 11.8 Å². The van der Waals surface area contributed by atoms with E-state index < -0.39 is 10.0 Å². The summed E-state index contributed by atoms with van der Waals surface area (Å²) in [5.41, 5.74) is 2.24. The zero-order chi connectivity index (χ0) is 26.7. The minimum Gasteiger partial charge on any atom is -0.454 e.